The van der Waals surface area contributed by atoms with Crippen LogP contribution in [-0.4, -0.2) is 29.5 Å². The summed E-state index contributed by atoms with van der Waals surface area (Å²) in [6.07, 6.45) is 4.13. The largest absolute Gasteiger partial charge is 0.383 e. The van der Waals surface area contributed by atoms with Gasteiger partial charge in [-0.15, -0.1) is 0 Å². The van der Waals surface area contributed by atoms with E-state index in [4.69, 9.17) is 4.74 Å². The van der Waals surface area contributed by atoms with Crippen molar-refractivity contribution in [3.05, 3.63) is 18.0 Å². The molecule has 4 heteroatoms. The van der Waals surface area contributed by atoms with E-state index in [1.54, 1.807) is 7.11 Å². The van der Waals surface area contributed by atoms with Crippen molar-refractivity contribution in [3.8, 4) is 0 Å². The maximum atomic E-state index is 5.22. The van der Waals surface area contributed by atoms with Gasteiger partial charge in [-0.2, -0.15) is 5.10 Å². The van der Waals surface area contributed by atoms with Crippen molar-refractivity contribution in [2.24, 2.45) is 7.05 Å². The molecule has 0 radical (unpaired) electrons. The van der Waals surface area contributed by atoms with Crippen molar-refractivity contribution >= 4 is 0 Å². The van der Waals surface area contributed by atoms with E-state index in [0.717, 1.165) is 13.0 Å². The lowest BCUT2D eigenvalue weighted by atomic mass is 10.1. The summed E-state index contributed by atoms with van der Waals surface area (Å²) in [5, 5.41) is 7.76. The van der Waals surface area contributed by atoms with Gasteiger partial charge in [0.25, 0.3) is 0 Å². The second-order valence-electron chi connectivity index (χ2n) is 4.21. The fraction of sp³-hybridized carbons (Fsp3) is 0.750. The summed E-state index contributed by atoms with van der Waals surface area (Å²) in [7, 11) is 3.72. The highest BCUT2D eigenvalue weighted by molar-refractivity contribution is 5.05. The lowest BCUT2D eigenvalue weighted by Gasteiger charge is -2.22. The SMILES string of the molecule is CCCC(COC)NC(C)c1ccnn1C. The standard InChI is InChI=1S/C12H23N3O/c1-5-6-11(9-16-4)14-10(2)12-7-8-13-15(12)3/h7-8,10-11,14H,5-6,9H2,1-4H3. The topological polar surface area (TPSA) is 39.1 Å². The highest BCUT2D eigenvalue weighted by Gasteiger charge is 2.14. The first-order chi connectivity index (χ1) is 7.69. The van der Waals surface area contributed by atoms with Gasteiger partial charge in [0.15, 0.2) is 0 Å². The molecule has 2 unspecified atom stereocenters. The fourth-order valence-corrected chi connectivity index (χ4v) is 2.01. The predicted molar refractivity (Wildman–Crippen MR) is 65.3 cm³/mol. The zero-order chi connectivity index (χ0) is 12.0. The van der Waals surface area contributed by atoms with E-state index in [9.17, 15) is 0 Å². The van der Waals surface area contributed by atoms with E-state index < -0.39 is 0 Å². The third-order valence-corrected chi connectivity index (χ3v) is 2.79. The quantitative estimate of drug-likeness (QED) is 0.770. The number of aryl methyl sites for hydroxylation is 1. The molecule has 1 aromatic rings. The zero-order valence-corrected chi connectivity index (χ0v) is 10.7. The molecule has 1 rings (SSSR count). The van der Waals surface area contributed by atoms with Gasteiger partial charge in [-0.25, -0.2) is 0 Å². The number of nitrogens with zero attached hydrogens (tertiary/aromatic N) is 2. The van der Waals surface area contributed by atoms with Crippen LogP contribution in [0.1, 0.15) is 38.4 Å². The zero-order valence-electron chi connectivity index (χ0n) is 10.7. The predicted octanol–water partition coefficient (Wildman–Crippen LogP) is 1.89. The number of hydrogen-bond donors (Lipinski definition) is 1. The molecule has 2 atom stereocenters. The maximum Gasteiger partial charge on any atom is 0.0616 e. The van der Waals surface area contributed by atoms with Gasteiger partial charge in [0.1, 0.15) is 0 Å². The highest BCUT2D eigenvalue weighted by Crippen LogP contribution is 2.12. The number of nitrogens with one attached hydrogen (secondary N) is 1. The van der Waals surface area contributed by atoms with Crippen molar-refractivity contribution < 1.29 is 4.74 Å². The van der Waals surface area contributed by atoms with Gasteiger partial charge >= 0.3 is 0 Å². The Kier molecular flexibility index (Phi) is 5.49. The summed E-state index contributed by atoms with van der Waals surface area (Å²) < 4.78 is 7.13. The lowest BCUT2D eigenvalue weighted by Crippen LogP contribution is -2.35. The van der Waals surface area contributed by atoms with Crippen LogP contribution < -0.4 is 5.32 Å². The van der Waals surface area contributed by atoms with Crippen LogP contribution in [0, 0.1) is 0 Å². The van der Waals surface area contributed by atoms with Crippen LogP contribution in [0.15, 0.2) is 12.3 Å². The molecular weight excluding hydrogens is 202 g/mol. The Bertz CT molecular complexity index is 292. The van der Waals surface area contributed by atoms with Gasteiger partial charge in [-0.05, 0) is 19.4 Å². The maximum absolute atomic E-state index is 5.22. The van der Waals surface area contributed by atoms with Crippen molar-refractivity contribution in [2.45, 2.75) is 38.8 Å². The van der Waals surface area contributed by atoms with E-state index in [1.165, 1.54) is 12.1 Å². The number of ether oxygens (including phenoxy) is 1. The first kappa shape index (κ1) is 13.2. The van der Waals surface area contributed by atoms with Crippen LogP contribution in [0.5, 0.6) is 0 Å². The molecule has 0 amide bonds. The van der Waals surface area contributed by atoms with Crippen LogP contribution in [0.2, 0.25) is 0 Å². The van der Waals surface area contributed by atoms with Crippen molar-refractivity contribution in [2.75, 3.05) is 13.7 Å². The summed E-state index contributed by atoms with van der Waals surface area (Å²) in [6, 6.07) is 2.77. The van der Waals surface area contributed by atoms with Crippen LogP contribution in [0.3, 0.4) is 0 Å². The highest BCUT2D eigenvalue weighted by atomic mass is 16.5. The molecule has 0 aliphatic rings. The minimum absolute atomic E-state index is 0.305. The Morgan fingerprint density at radius 1 is 1.56 bits per heavy atom. The summed E-state index contributed by atoms with van der Waals surface area (Å²) in [4.78, 5) is 0. The number of aromatic nitrogens is 2. The normalized spacial score (nSPS) is 15.0. The van der Waals surface area contributed by atoms with Gasteiger partial charge in [0, 0.05) is 32.4 Å². The molecular formula is C12H23N3O. The fourth-order valence-electron chi connectivity index (χ4n) is 2.01. The second-order valence-corrected chi connectivity index (χ2v) is 4.21. The van der Waals surface area contributed by atoms with Crippen molar-refractivity contribution in [3.63, 3.8) is 0 Å². The Labute approximate surface area is 98.0 Å². The average Bonchev–Trinajstić information content (AvgIpc) is 2.65. The lowest BCUT2D eigenvalue weighted by molar-refractivity contribution is 0.156. The Morgan fingerprint density at radius 2 is 2.31 bits per heavy atom. The molecule has 92 valence electrons. The molecule has 0 saturated carbocycles. The van der Waals surface area contributed by atoms with E-state index in [2.05, 4.69) is 24.3 Å². The van der Waals surface area contributed by atoms with E-state index in [-0.39, 0.29) is 0 Å². The Balaban J connectivity index is 2.54. The van der Waals surface area contributed by atoms with Crippen molar-refractivity contribution in [1.29, 1.82) is 0 Å². The van der Waals surface area contributed by atoms with Crippen LogP contribution in [-0.2, 0) is 11.8 Å². The summed E-state index contributed by atoms with van der Waals surface area (Å²) in [5.41, 5.74) is 1.21. The van der Waals surface area contributed by atoms with Crippen LogP contribution in [0.25, 0.3) is 0 Å². The molecule has 1 aromatic heterocycles. The third-order valence-electron chi connectivity index (χ3n) is 2.79. The molecule has 0 aliphatic carbocycles. The monoisotopic (exact) mass is 225 g/mol. The molecule has 0 aliphatic heterocycles. The van der Waals surface area contributed by atoms with E-state index in [0.29, 0.717) is 12.1 Å². The molecule has 0 saturated heterocycles. The second kappa shape index (κ2) is 6.66. The summed E-state index contributed by atoms with van der Waals surface area (Å²) in [5.74, 6) is 0. The van der Waals surface area contributed by atoms with Gasteiger partial charge in [0.2, 0.25) is 0 Å². The molecule has 16 heavy (non-hydrogen) atoms. The first-order valence-electron chi connectivity index (χ1n) is 5.91. The molecule has 4 nitrogen and oxygen atoms in total. The Hall–Kier alpha value is -0.870. The average molecular weight is 225 g/mol. The molecule has 0 spiro atoms. The molecule has 1 N–H and O–H groups in total. The minimum Gasteiger partial charge on any atom is -0.383 e. The van der Waals surface area contributed by atoms with Gasteiger partial charge in [-0.3, -0.25) is 4.68 Å². The number of rotatable bonds is 7. The van der Waals surface area contributed by atoms with Gasteiger partial charge < -0.3 is 10.1 Å². The number of methoxy groups -OCH3 is 1. The van der Waals surface area contributed by atoms with Crippen LogP contribution in [0.4, 0.5) is 0 Å². The molecule has 1 heterocycles. The third kappa shape index (κ3) is 3.61. The first-order valence-corrected chi connectivity index (χ1v) is 5.91. The molecule has 0 fully saturated rings. The van der Waals surface area contributed by atoms with Crippen LogP contribution >= 0.6 is 0 Å². The summed E-state index contributed by atoms with van der Waals surface area (Å²) >= 11 is 0. The van der Waals surface area contributed by atoms with Crippen molar-refractivity contribution in [1.82, 2.24) is 15.1 Å². The van der Waals surface area contributed by atoms with Gasteiger partial charge in [0.05, 0.1) is 12.3 Å². The minimum atomic E-state index is 0.305. The Morgan fingerprint density at radius 3 is 2.81 bits per heavy atom. The molecule has 0 bridgehead atoms. The molecule has 0 aromatic carbocycles. The van der Waals surface area contributed by atoms with Gasteiger partial charge in [-0.1, -0.05) is 13.3 Å². The summed E-state index contributed by atoms with van der Waals surface area (Å²) in [6.45, 7) is 5.12. The number of hydrogen-bond acceptors (Lipinski definition) is 3. The smallest absolute Gasteiger partial charge is 0.0616 e. The van der Waals surface area contributed by atoms with E-state index in [1.807, 2.05) is 24.0 Å². The van der Waals surface area contributed by atoms with E-state index >= 15 is 0 Å².